The van der Waals surface area contributed by atoms with Crippen LogP contribution in [0.25, 0.3) is 0 Å². The lowest BCUT2D eigenvalue weighted by atomic mass is 9.87. The molecule has 170 valence electrons. The largest absolute Gasteiger partial charge is 0.299 e. The molecule has 0 heterocycles. The fourth-order valence-electron chi connectivity index (χ4n) is 3.70. The fraction of sp³-hybridized carbons (Fsp3) is 0.519. The first-order valence-electron chi connectivity index (χ1n) is 11.3. The third-order valence-electron chi connectivity index (χ3n) is 5.86. The van der Waals surface area contributed by atoms with E-state index in [1.165, 1.54) is 11.1 Å². The summed E-state index contributed by atoms with van der Waals surface area (Å²) in [5.74, 6) is 0. The predicted molar refractivity (Wildman–Crippen MR) is 139 cm³/mol. The maximum atomic E-state index is 14.2. The Kier molecular flexibility index (Phi) is 7.64. The van der Waals surface area contributed by atoms with Gasteiger partial charge in [0.15, 0.2) is 7.29 Å². The number of hydrogen-bond donors (Lipinski definition) is 0. The maximum absolute atomic E-state index is 14.2. The Morgan fingerprint density at radius 1 is 0.742 bits per heavy atom. The molecule has 0 amide bonds. The van der Waals surface area contributed by atoms with E-state index in [0.29, 0.717) is 0 Å². The van der Waals surface area contributed by atoms with Crippen LogP contribution in [0.4, 0.5) is 11.4 Å². The van der Waals surface area contributed by atoms with E-state index in [9.17, 15) is 4.57 Å². The lowest BCUT2D eigenvalue weighted by molar-refractivity contribution is 0.562. The zero-order chi connectivity index (χ0) is 23.6. The third kappa shape index (κ3) is 5.89. The van der Waals surface area contributed by atoms with Gasteiger partial charge in [-0.2, -0.15) is 0 Å². The first-order valence-corrected chi connectivity index (χ1v) is 13.1. The lowest BCUT2D eigenvalue weighted by Crippen LogP contribution is -2.27. The first-order chi connectivity index (χ1) is 14.2. The van der Waals surface area contributed by atoms with E-state index >= 15 is 0 Å². The van der Waals surface area contributed by atoms with E-state index in [-0.39, 0.29) is 22.1 Å². The molecule has 0 unspecified atom stereocenters. The van der Waals surface area contributed by atoms with E-state index < -0.39 is 7.29 Å². The number of hydrogen-bond acceptors (Lipinski definition) is 2. The van der Waals surface area contributed by atoms with Crippen LogP contribution in [0.15, 0.2) is 53.5 Å². The van der Waals surface area contributed by atoms with Crippen LogP contribution in [0.5, 0.6) is 0 Å². The molecule has 3 nitrogen and oxygen atoms in total. The second-order valence-corrected chi connectivity index (χ2v) is 14.9. The number of rotatable bonds is 6. The van der Waals surface area contributed by atoms with Crippen molar-refractivity contribution in [2.45, 2.75) is 91.4 Å². The predicted octanol–water partition coefficient (Wildman–Crippen LogP) is 8.54. The minimum absolute atomic E-state index is 0.0181. The van der Waals surface area contributed by atoms with Gasteiger partial charge >= 0.3 is 0 Å². The van der Waals surface area contributed by atoms with Crippen LogP contribution < -0.4 is 4.67 Å². The highest BCUT2D eigenvalue weighted by Crippen LogP contribution is 2.59. The molecule has 0 fully saturated rings. The van der Waals surface area contributed by atoms with Gasteiger partial charge in [-0.25, -0.2) is 4.99 Å². The Hall–Kier alpha value is -1.86. The molecule has 0 aliphatic heterocycles. The van der Waals surface area contributed by atoms with E-state index in [4.69, 9.17) is 4.99 Å². The SMILES string of the molecule is CC(C)P(=O)(C(C)C)N(C=Nc1ccc(C(C)(C)C)cc1)c1ccc(C(C)(C)C)cc1. The summed E-state index contributed by atoms with van der Waals surface area (Å²) in [6.07, 6.45) is 1.78. The molecule has 0 bridgehead atoms. The van der Waals surface area contributed by atoms with Crippen molar-refractivity contribution in [3.63, 3.8) is 0 Å². The van der Waals surface area contributed by atoms with Gasteiger partial charge in [0.2, 0.25) is 0 Å². The lowest BCUT2D eigenvalue weighted by Gasteiger charge is -2.36. The number of benzene rings is 2. The van der Waals surface area contributed by atoms with Crippen molar-refractivity contribution in [2.24, 2.45) is 4.99 Å². The Morgan fingerprint density at radius 2 is 1.13 bits per heavy atom. The van der Waals surface area contributed by atoms with Crippen LogP contribution in [-0.2, 0) is 15.4 Å². The molecule has 0 saturated heterocycles. The van der Waals surface area contributed by atoms with Crippen LogP contribution in [-0.4, -0.2) is 17.7 Å². The van der Waals surface area contributed by atoms with Gasteiger partial charge in [-0.3, -0.25) is 9.24 Å². The second-order valence-electron chi connectivity index (χ2n) is 11.0. The smallest absolute Gasteiger partial charge is 0.182 e. The highest BCUT2D eigenvalue weighted by molar-refractivity contribution is 7.67. The van der Waals surface area contributed by atoms with Crippen molar-refractivity contribution in [2.75, 3.05) is 4.67 Å². The van der Waals surface area contributed by atoms with Crippen LogP contribution in [0.3, 0.4) is 0 Å². The monoisotopic (exact) mass is 440 g/mol. The molecule has 31 heavy (non-hydrogen) atoms. The van der Waals surface area contributed by atoms with Gasteiger partial charge in [-0.05, 0) is 46.2 Å². The van der Waals surface area contributed by atoms with Gasteiger partial charge < -0.3 is 0 Å². The summed E-state index contributed by atoms with van der Waals surface area (Å²) < 4.78 is 16.2. The summed E-state index contributed by atoms with van der Waals surface area (Å²) in [7, 11) is -2.74. The molecule has 0 N–H and O–H groups in total. The van der Waals surface area contributed by atoms with Crippen molar-refractivity contribution in [1.29, 1.82) is 0 Å². The summed E-state index contributed by atoms with van der Waals surface area (Å²) in [5, 5.41) is 0. The molecule has 0 aliphatic carbocycles. The summed E-state index contributed by atoms with van der Waals surface area (Å²) >= 11 is 0. The molecule has 0 aromatic heterocycles. The zero-order valence-corrected chi connectivity index (χ0v) is 22.0. The molecular weight excluding hydrogens is 399 g/mol. The molecule has 2 aromatic carbocycles. The number of aliphatic imine (C=N–C) groups is 1. The minimum Gasteiger partial charge on any atom is -0.299 e. The van der Waals surface area contributed by atoms with E-state index in [0.717, 1.165) is 11.4 Å². The highest BCUT2D eigenvalue weighted by Gasteiger charge is 2.37. The molecule has 0 atom stereocenters. The Balaban J connectivity index is 2.50. The number of nitrogens with zero attached hydrogens (tertiary/aromatic N) is 2. The van der Waals surface area contributed by atoms with Crippen molar-refractivity contribution >= 4 is 25.0 Å². The average molecular weight is 441 g/mol. The summed E-state index contributed by atoms with van der Waals surface area (Å²) in [6.45, 7) is 21.4. The van der Waals surface area contributed by atoms with Gasteiger partial charge in [0.05, 0.1) is 5.69 Å². The quantitative estimate of drug-likeness (QED) is 0.256. The Labute approximate surface area is 190 Å². The summed E-state index contributed by atoms with van der Waals surface area (Å²) in [6, 6.07) is 16.7. The normalized spacial score (nSPS) is 13.4. The van der Waals surface area contributed by atoms with E-state index in [1.807, 2.05) is 44.5 Å². The number of anilines is 1. The fourth-order valence-corrected chi connectivity index (χ4v) is 6.60. The minimum atomic E-state index is -2.74. The van der Waals surface area contributed by atoms with E-state index in [1.54, 1.807) is 6.34 Å². The van der Waals surface area contributed by atoms with Gasteiger partial charge in [0.1, 0.15) is 6.34 Å². The average Bonchev–Trinajstić information content (AvgIpc) is 2.67. The molecule has 2 aromatic rings. The Morgan fingerprint density at radius 3 is 1.48 bits per heavy atom. The molecule has 2 rings (SSSR count). The summed E-state index contributed by atoms with van der Waals surface area (Å²) in [5.41, 5.74) is 4.54. The van der Waals surface area contributed by atoms with Gasteiger partial charge in [-0.1, -0.05) is 93.5 Å². The van der Waals surface area contributed by atoms with Crippen LogP contribution in [0.1, 0.15) is 80.4 Å². The molecule has 0 aliphatic rings. The molecule has 0 spiro atoms. The molecule has 4 heteroatoms. The van der Waals surface area contributed by atoms with Crippen LogP contribution >= 0.6 is 7.29 Å². The molecule has 0 radical (unpaired) electrons. The van der Waals surface area contributed by atoms with Crippen molar-refractivity contribution in [3.8, 4) is 0 Å². The van der Waals surface area contributed by atoms with E-state index in [2.05, 4.69) is 77.9 Å². The van der Waals surface area contributed by atoms with Crippen molar-refractivity contribution < 1.29 is 4.57 Å². The van der Waals surface area contributed by atoms with Gasteiger partial charge in [0.25, 0.3) is 0 Å². The maximum Gasteiger partial charge on any atom is 0.182 e. The molecular formula is C27H41N2OP. The third-order valence-corrected chi connectivity index (χ3v) is 9.83. The highest BCUT2D eigenvalue weighted by atomic mass is 31.2. The topological polar surface area (TPSA) is 32.7 Å². The van der Waals surface area contributed by atoms with Crippen LogP contribution in [0, 0.1) is 0 Å². The zero-order valence-electron chi connectivity index (χ0n) is 21.1. The van der Waals surface area contributed by atoms with Gasteiger partial charge in [0, 0.05) is 17.0 Å². The first kappa shape index (κ1) is 25.4. The Bertz CT molecular complexity index is 915. The van der Waals surface area contributed by atoms with Gasteiger partial charge in [-0.15, -0.1) is 0 Å². The summed E-state index contributed by atoms with van der Waals surface area (Å²) in [4.78, 5) is 4.74. The standard InChI is InChI=1S/C27H41N2OP/c1-20(2)31(30,21(3)4)29(25-17-13-23(14-18-25)27(8,9)10)19-28-24-15-11-22(12-16-24)26(5,6)7/h11-21H,1-10H3. The van der Waals surface area contributed by atoms with Crippen molar-refractivity contribution in [3.05, 3.63) is 59.7 Å². The van der Waals surface area contributed by atoms with Crippen LogP contribution in [0.2, 0.25) is 0 Å². The molecule has 0 saturated carbocycles. The second kappa shape index (κ2) is 9.33. The van der Waals surface area contributed by atoms with Crippen molar-refractivity contribution in [1.82, 2.24) is 0 Å².